The number of aryl methyl sites for hydroxylation is 1. The van der Waals surface area contributed by atoms with Crippen LogP contribution in [-0.2, 0) is 13.6 Å². The predicted octanol–water partition coefficient (Wildman–Crippen LogP) is 2.85. The number of carbonyl (C=O) groups excluding carboxylic acids is 1. The van der Waals surface area contributed by atoms with Crippen LogP contribution in [0.2, 0.25) is 0 Å². The summed E-state index contributed by atoms with van der Waals surface area (Å²) in [6, 6.07) is 10.7. The Morgan fingerprint density at radius 1 is 1.21 bits per heavy atom. The monoisotopic (exact) mass is 326 g/mol. The Labute approximate surface area is 143 Å². The molecule has 3 rings (SSSR count). The third-order valence-corrected chi connectivity index (χ3v) is 4.56. The number of benzene rings is 1. The number of hydrogen-bond acceptors (Lipinski definition) is 3. The average molecular weight is 326 g/mol. The summed E-state index contributed by atoms with van der Waals surface area (Å²) >= 11 is 0. The molecule has 0 N–H and O–H groups in total. The zero-order chi connectivity index (χ0) is 17.1. The SMILES string of the molecule is CN(C)Cc1ccc(C2CCCCN2C(=O)c2ccn(C)n2)cc1. The molecule has 1 aromatic heterocycles. The summed E-state index contributed by atoms with van der Waals surface area (Å²) in [4.78, 5) is 17.0. The van der Waals surface area contributed by atoms with E-state index in [9.17, 15) is 4.79 Å². The van der Waals surface area contributed by atoms with Gasteiger partial charge in [0.1, 0.15) is 5.69 Å². The summed E-state index contributed by atoms with van der Waals surface area (Å²) in [6.45, 7) is 1.74. The van der Waals surface area contributed by atoms with Crippen molar-refractivity contribution >= 4 is 5.91 Å². The molecule has 1 aliphatic heterocycles. The molecule has 1 amide bonds. The first-order valence-corrected chi connectivity index (χ1v) is 8.59. The minimum atomic E-state index is 0.0395. The van der Waals surface area contributed by atoms with Crippen LogP contribution in [0.1, 0.15) is 46.9 Å². The minimum Gasteiger partial charge on any atom is -0.330 e. The zero-order valence-corrected chi connectivity index (χ0v) is 14.8. The highest BCUT2D eigenvalue weighted by Gasteiger charge is 2.29. The van der Waals surface area contributed by atoms with Crippen molar-refractivity contribution in [1.82, 2.24) is 19.6 Å². The van der Waals surface area contributed by atoms with E-state index in [0.29, 0.717) is 5.69 Å². The van der Waals surface area contributed by atoms with Gasteiger partial charge in [-0.2, -0.15) is 5.10 Å². The molecule has 1 unspecified atom stereocenters. The molecule has 0 spiro atoms. The third-order valence-electron chi connectivity index (χ3n) is 4.56. The fourth-order valence-corrected chi connectivity index (χ4v) is 3.41. The topological polar surface area (TPSA) is 41.4 Å². The molecule has 5 nitrogen and oxygen atoms in total. The Balaban J connectivity index is 1.80. The van der Waals surface area contributed by atoms with Crippen molar-refractivity contribution in [2.45, 2.75) is 31.8 Å². The molecule has 0 aliphatic carbocycles. The number of hydrogen-bond donors (Lipinski definition) is 0. The van der Waals surface area contributed by atoms with E-state index in [1.54, 1.807) is 10.7 Å². The van der Waals surface area contributed by atoms with Gasteiger partial charge >= 0.3 is 0 Å². The standard InChI is InChI=1S/C19H26N4O/c1-21(2)14-15-7-9-16(10-8-15)18-6-4-5-12-23(18)19(24)17-11-13-22(3)20-17/h7-11,13,18H,4-6,12,14H2,1-3H3. The first-order chi connectivity index (χ1) is 11.5. The molecule has 0 saturated carbocycles. The van der Waals surface area contributed by atoms with Crippen molar-refractivity contribution < 1.29 is 4.79 Å². The molecule has 2 heterocycles. The van der Waals surface area contributed by atoms with Crippen molar-refractivity contribution in [2.75, 3.05) is 20.6 Å². The van der Waals surface area contributed by atoms with Crippen molar-refractivity contribution in [3.05, 3.63) is 53.3 Å². The summed E-state index contributed by atoms with van der Waals surface area (Å²) in [7, 11) is 5.98. The molecule has 1 aliphatic rings. The first-order valence-electron chi connectivity index (χ1n) is 8.59. The van der Waals surface area contributed by atoms with Crippen molar-refractivity contribution in [2.24, 2.45) is 7.05 Å². The lowest BCUT2D eigenvalue weighted by Gasteiger charge is -2.35. The van der Waals surface area contributed by atoms with Gasteiger partial charge in [-0.25, -0.2) is 0 Å². The van der Waals surface area contributed by atoms with Crippen LogP contribution in [0.25, 0.3) is 0 Å². The minimum absolute atomic E-state index is 0.0395. The van der Waals surface area contributed by atoms with E-state index < -0.39 is 0 Å². The highest BCUT2D eigenvalue weighted by atomic mass is 16.2. The van der Waals surface area contributed by atoms with Gasteiger partial charge < -0.3 is 9.80 Å². The van der Waals surface area contributed by atoms with Gasteiger partial charge in [-0.3, -0.25) is 9.48 Å². The van der Waals surface area contributed by atoms with Gasteiger partial charge in [0.25, 0.3) is 5.91 Å². The number of aromatic nitrogens is 2. The number of piperidine rings is 1. The smallest absolute Gasteiger partial charge is 0.274 e. The van der Waals surface area contributed by atoms with E-state index in [1.165, 1.54) is 11.1 Å². The summed E-state index contributed by atoms with van der Waals surface area (Å²) in [5, 5.41) is 4.28. The van der Waals surface area contributed by atoms with Gasteiger partial charge in [-0.05, 0) is 50.6 Å². The summed E-state index contributed by atoms with van der Waals surface area (Å²) in [5.41, 5.74) is 3.05. The van der Waals surface area contributed by atoms with Crippen LogP contribution in [0.3, 0.4) is 0 Å². The fourth-order valence-electron chi connectivity index (χ4n) is 3.41. The normalized spacial score (nSPS) is 18.2. The van der Waals surface area contributed by atoms with Gasteiger partial charge in [0.2, 0.25) is 0 Å². The van der Waals surface area contributed by atoms with Crippen molar-refractivity contribution in [3.63, 3.8) is 0 Å². The molecule has 0 bridgehead atoms. The fraction of sp³-hybridized carbons (Fsp3) is 0.474. The number of likely N-dealkylation sites (tertiary alicyclic amines) is 1. The lowest BCUT2D eigenvalue weighted by atomic mass is 9.94. The lowest BCUT2D eigenvalue weighted by molar-refractivity contribution is 0.0604. The molecule has 1 aromatic carbocycles. The molecule has 1 saturated heterocycles. The van der Waals surface area contributed by atoms with Gasteiger partial charge in [0.05, 0.1) is 6.04 Å². The molecule has 1 atom stereocenters. The Bertz CT molecular complexity index is 690. The summed E-state index contributed by atoms with van der Waals surface area (Å²) in [5.74, 6) is 0.0395. The van der Waals surface area contributed by atoms with E-state index in [4.69, 9.17) is 0 Å². The Morgan fingerprint density at radius 3 is 2.58 bits per heavy atom. The van der Waals surface area contributed by atoms with Crippen LogP contribution >= 0.6 is 0 Å². The van der Waals surface area contributed by atoms with E-state index in [0.717, 1.165) is 32.4 Å². The number of rotatable bonds is 4. The maximum atomic E-state index is 12.9. The van der Waals surface area contributed by atoms with Crippen molar-refractivity contribution in [1.29, 1.82) is 0 Å². The maximum Gasteiger partial charge on any atom is 0.274 e. The molecule has 128 valence electrons. The molecule has 24 heavy (non-hydrogen) atoms. The Kier molecular flexibility index (Phi) is 5.00. The van der Waals surface area contributed by atoms with Crippen LogP contribution in [0, 0.1) is 0 Å². The highest BCUT2D eigenvalue weighted by molar-refractivity contribution is 5.92. The quantitative estimate of drug-likeness (QED) is 0.867. The van der Waals surface area contributed by atoms with E-state index in [-0.39, 0.29) is 11.9 Å². The molecule has 2 aromatic rings. The zero-order valence-electron chi connectivity index (χ0n) is 14.8. The number of nitrogens with zero attached hydrogens (tertiary/aromatic N) is 4. The third kappa shape index (κ3) is 3.67. The van der Waals surface area contributed by atoms with Gasteiger partial charge in [0, 0.05) is 26.3 Å². The molecular weight excluding hydrogens is 300 g/mol. The van der Waals surface area contributed by atoms with Gasteiger partial charge in [0.15, 0.2) is 0 Å². The highest BCUT2D eigenvalue weighted by Crippen LogP contribution is 2.32. The Morgan fingerprint density at radius 2 is 1.96 bits per heavy atom. The van der Waals surface area contributed by atoms with Crippen molar-refractivity contribution in [3.8, 4) is 0 Å². The lowest BCUT2D eigenvalue weighted by Crippen LogP contribution is -2.38. The van der Waals surface area contributed by atoms with Crippen LogP contribution in [0.4, 0.5) is 0 Å². The van der Waals surface area contributed by atoms with Gasteiger partial charge in [-0.15, -0.1) is 0 Å². The average Bonchev–Trinajstić information content (AvgIpc) is 3.01. The van der Waals surface area contributed by atoms with E-state index in [1.807, 2.05) is 18.1 Å². The number of carbonyl (C=O) groups is 1. The molecule has 0 radical (unpaired) electrons. The van der Waals surface area contributed by atoms with Crippen LogP contribution < -0.4 is 0 Å². The first kappa shape index (κ1) is 16.7. The molecular formula is C19H26N4O. The van der Waals surface area contributed by atoms with Crippen LogP contribution in [0.15, 0.2) is 36.5 Å². The van der Waals surface area contributed by atoms with E-state index in [2.05, 4.69) is 48.4 Å². The van der Waals surface area contributed by atoms with E-state index >= 15 is 0 Å². The number of amides is 1. The predicted molar refractivity (Wildman–Crippen MR) is 94.7 cm³/mol. The second kappa shape index (κ2) is 7.18. The summed E-state index contributed by atoms with van der Waals surface area (Å²) < 4.78 is 1.68. The second-order valence-electron chi connectivity index (χ2n) is 6.86. The van der Waals surface area contributed by atoms with Crippen LogP contribution in [0.5, 0.6) is 0 Å². The van der Waals surface area contributed by atoms with Crippen LogP contribution in [-0.4, -0.2) is 46.1 Å². The maximum absolute atomic E-state index is 12.9. The largest absolute Gasteiger partial charge is 0.330 e. The second-order valence-corrected chi connectivity index (χ2v) is 6.86. The molecule has 1 fully saturated rings. The van der Waals surface area contributed by atoms with Gasteiger partial charge in [-0.1, -0.05) is 24.3 Å². The molecule has 5 heteroatoms. The summed E-state index contributed by atoms with van der Waals surface area (Å²) in [6.07, 6.45) is 5.07. The Hall–Kier alpha value is -2.14.